The van der Waals surface area contributed by atoms with Crippen LogP contribution >= 0.6 is 0 Å². The first-order chi connectivity index (χ1) is 17.8. The molecule has 3 aliphatic rings. The predicted octanol–water partition coefficient (Wildman–Crippen LogP) is 1.84. The number of ether oxygens (including phenoxy) is 2. The lowest BCUT2D eigenvalue weighted by Gasteiger charge is -2.34. The molecule has 206 valence electrons. The zero-order chi connectivity index (χ0) is 26.4. The lowest BCUT2D eigenvalue weighted by Crippen LogP contribution is -2.47. The molecule has 0 unspecified atom stereocenters. The summed E-state index contributed by atoms with van der Waals surface area (Å²) in [6.07, 6.45) is 3.06. The van der Waals surface area contributed by atoms with Gasteiger partial charge in [0.15, 0.2) is 0 Å². The average Bonchev–Trinajstić information content (AvgIpc) is 3.70. The summed E-state index contributed by atoms with van der Waals surface area (Å²) >= 11 is 0. The number of nitrogens with one attached hydrogen (secondary N) is 1. The standard InChI is InChI=1S/C28H44N4O5/c1-20-16-32(21(2)19-33)28(35)15-23-14-24(29-27(34)8-9-31-10-12-36-13-11-31)6-7-25(23)37-26(20)18-30(3)17-22-4-5-22/h6-7,14,20-22,26,33H,4-5,8-13,15-19H2,1-3H3,(H,29,34)/t20-,21+,26+/m1/s1. The molecule has 0 aromatic heterocycles. The first-order valence-electron chi connectivity index (χ1n) is 13.8. The highest BCUT2D eigenvalue weighted by Gasteiger charge is 2.32. The van der Waals surface area contributed by atoms with Crippen molar-refractivity contribution in [3.8, 4) is 5.75 Å². The van der Waals surface area contributed by atoms with Crippen LogP contribution in [0.2, 0.25) is 0 Å². The molecule has 0 bridgehead atoms. The molecule has 9 heteroatoms. The second kappa shape index (κ2) is 13.0. The lowest BCUT2D eigenvalue weighted by molar-refractivity contribution is -0.134. The van der Waals surface area contributed by atoms with Crippen molar-refractivity contribution in [1.29, 1.82) is 0 Å². The molecule has 37 heavy (non-hydrogen) atoms. The third-order valence-electron chi connectivity index (χ3n) is 7.72. The van der Waals surface area contributed by atoms with Gasteiger partial charge in [-0.25, -0.2) is 0 Å². The SMILES string of the molecule is C[C@@H]1CN([C@@H](C)CO)C(=O)Cc2cc(NC(=O)CCN3CCOCC3)ccc2O[C@H]1CN(C)CC1CC1. The predicted molar refractivity (Wildman–Crippen MR) is 143 cm³/mol. The number of aliphatic hydroxyl groups excluding tert-OH is 1. The molecule has 1 saturated carbocycles. The number of anilines is 1. The highest BCUT2D eigenvalue weighted by molar-refractivity contribution is 5.91. The van der Waals surface area contributed by atoms with E-state index in [2.05, 4.69) is 29.1 Å². The van der Waals surface area contributed by atoms with Crippen LogP contribution in [-0.2, 0) is 20.7 Å². The summed E-state index contributed by atoms with van der Waals surface area (Å²) in [5, 5.41) is 12.8. The Bertz CT molecular complexity index is 918. The number of hydrogen-bond acceptors (Lipinski definition) is 7. The number of morpholine rings is 1. The Hall–Kier alpha value is -2.20. The Labute approximate surface area is 221 Å². The number of benzene rings is 1. The largest absolute Gasteiger partial charge is 0.488 e. The Balaban J connectivity index is 1.48. The molecule has 3 atom stereocenters. The van der Waals surface area contributed by atoms with Crippen molar-refractivity contribution in [2.24, 2.45) is 11.8 Å². The van der Waals surface area contributed by atoms with Gasteiger partial charge in [-0.3, -0.25) is 14.5 Å². The number of likely N-dealkylation sites (N-methyl/N-ethyl adjacent to an activating group) is 1. The molecule has 0 spiro atoms. The van der Waals surface area contributed by atoms with Crippen molar-refractivity contribution in [3.63, 3.8) is 0 Å². The van der Waals surface area contributed by atoms with Crippen molar-refractivity contribution >= 4 is 17.5 Å². The van der Waals surface area contributed by atoms with Gasteiger partial charge in [-0.1, -0.05) is 6.92 Å². The summed E-state index contributed by atoms with van der Waals surface area (Å²) in [5.74, 6) is 1.47. The van der Waals surface area contributed by atoms with E-state index in [0.717, 1.165) is 37.7 Å². The lowest BCUT2D eigenvalue weighted by atomic mass is 10.0. The maximum Gasteiger partial charge on any atom is 0.227 e. The average molecular weight is 517 g/mol. The zero-order valence-electron chi connectivity index (χ0n) is 22.7. The number of amides is 2. The summed E-state index contributed by atoms with van der Waals surface area (Å²) in [6, 6.07) is 5.33. The van der Waals surface area contributed by atoms with Gasteiger partial charge in [0.25, 0.3) is 0 Å². The molecule has 0 radical (unpaired) electrons. The fourth-order valence-electron chi connectivity index (χ4n) is 5.16. The Kier molecular flexibility index (Phi) is 9.81. The van der Waals surface area contributed by atoms with Crippen molar-refractivity contribution in [1.82, 2.24) is 14.7 Å². The van der Waals surface area contributed by atoms with E-state index >= 15 is 0 Å². The van der Waals surface area contributed by atoms with Crippen molar-refractivity contribution in [3.05, 3.63) is 23.8 Å². The fourth-order valence-corrected chi connectivity index (χ4v) is 5.16. The van der Waals surface area contributed by atoms with Gasteiger partial charge in [0, 0.05) is 62.9 Å². The third kappa shape index (κ3) is 8.14. The molecule has 1 saturated heterocycles. The minimum absolute atomic E-state index is 0.0407. The third-order valence-corrected chi connectivity index (χ3v) is 7.72. The molecule has 1 aromatic rings. The van der Waals surface area contributed by atoms with E-state index in [9.17, 15) is 14.7 Å². The van der Waals surface area contributed by atoms with Gasteiger partial charge in [-0.2, -0.15) is 0 Å². The molecule has 9 nitrogen and oxygen atoms in total. The molecule has 4 rings (SSSR count). The van der Waals surface area contributed by atoms with Crippen LogP contribution < -0.4 is 10.1 Å². The summed E-state index contributed by atoms with van der Waals surface area (Å²) in [5.41, 5.74) is 1.42. The fraction of sp³-hybridized carbons (Fsp3) is 0.714. The van der Waals surface area contributed by atoms with Crippen LogP contribution in [0.25, 0.3) is 0 Å². The van der Waals surface area contributed by atoms with E-state index in [4.69, 9.17) is 9.47 Å². The Morgan fingerprint density at radius 2 is 2.00 bits per heavy atom. The van der Waals surface area contributed by atoms with E-state index in [-0.39, 0.29) is 42.9 Å². The first-order valence-corrected chi connectivity index (χ1v) is 13.8. The molecule has 2 fully saturated rings. The zero-order valence-corrected chi connectivity index (χ0v) is 22.7. The molecule has 2 aliphatic heterocycles. The van der Waals surface area contributed by atoms with Crippen molar-refractivity contribution in [2.45, 2.75) is 51.7 Å². The maximum atomic E-state index is 13.4. The van der Waals surface area contributed by atoms with Crippen molar-refractivity contribution < 1.29 is 24.2 Å². The van der Waals surface area contributed by atoms with Crippen LogP contribution in [0.1, 0.15) is 38.7 Å². The molecule has 2 N–H and O–H groups in total. The number of rotatable bonds is 10. The Morgan fingerprint density at radius 3 is 2.70 bits per heavy atom. The van der Waals surface area contributed by atoms with Crippen LogP contribution in [0.15, 0.2) is 18.2 Å². The quantitative estimate of drug-likeness (QED) is 0.490. The summed E-state index contributed by atoms with van der Waals surface area (Å²) in [6.45, 7) is 10.1. The molecule has 1 aliphatic carbocycles. The van der Waals surface area contributed by atoms with Crippen LogP contribution in [0, 0.1) is 11.8 Å². The first kappa shape index (κ1) is 27.8. The van der Waals surface area contributed by atoms with Gasteiger partial charge >= 0.3 is 0 Å². The number of fused-ring (bicyclic) bond motifs is 1. The molecule has 2 heterocycles. The van der Waals surface area contributed by atoms with Crippen LogP contribution in [0.3, 0.4) is 0 Å². The second-order valence-electron chi connectivity index (χ2n) is 11.1. The minimum Gasteiger partial charge on any atom is -0.488 e. The maximum absolute atomic E-state index is 13.4. The summed E-state index contributed by atoms with van der Waals surface area (Å²) in [4.78, 5) is 32.4. The van der Waals surface area contributed by atoms with E-state index in [1.54, 1.807) is 4.90 Å². The molecular formula is C28H44N4O5. The number of aliphatic hydroxyl groups is 1. The van der Waals surface area contributed by atoms with E-state index in [1.165, 1.54) is 12.8 Å². The topological polar surface area (TPSA) is 94.6 Å². The van der Waals surface area contributed by atoms with Gasteiger partial charge in [-0.15, -0.1) is 0 Å². The second-order valence-corrected chi connectivity index (χ2v) is 11.1. The number of nitrogens with zero attached hydrogens (tertiary/aromatic N) is 3. The van der Waals surface area contributed by atoms with E-state index in [1.807, 2.05) is 25.1 Å². The van der Waals surface area contributed by atoms with Crippen LogP contribution in [0.5, 0.6) is 5.75 Å². The number of hydrogen-bond donors (Lipinski definition) is 2. The normalized spacial score (nSPS) is 24.0. The molecule has 2 amide bonds. The summed E-state index contributed by atoms with van der Waals surface area (Å²) in [7, 11) is 2.14. The van der Waals surface area contributed by atoms with Gasteiger partial charge in [0.1, 0.15) is 11.9 Å². The monoisotopic (exact) mass is 516 g/mol. The molecule has 1 aromatic carbocycles. The van der Waals surface area contributed by atoms with Crippen LogP contribution in [-0.4, -0.2) is 110 Å². The van der Waals surface area contributed by atoms with E-state index in [0.29, 0.717) is 44.2 Å². The highest BCUT2D eigenvalue weighted by atomic mass is 16.5. The van der Waals surface area contributed by atoms with Gasteiger partial charge < -0.3 is 29.7 Å². The van der Waals surface area contributed by atoms with Gasteiger partial charge in [0.2, 0.25) is 11.8 Å². The number of carbonyl (C=O) groups is 2. The van der Waals surface area contributed by atoms with E-state index < -0.39 is 0 Å². The summed E-state index contributed by atoms with van der Waals surface area (Å²) < 4.78 is 12.0. The van der Waals surface area contributed by atoms with Crippen LogP contribution in [0.4, 0.5) is 5.69 Å². The molecular weight excluding hydrogens is 472 g/mol. The smallest absolute Gasteiger partial charge is 0.227 e. The number of carbonyl (C=O) groups excluding carboxylic acids is 2. The highest BCUT2D eigenvalue weighted by Crippen LogP contribution is 2.31. The van der Waals surface area contributed by atoms with Crippen molar-refractivity contribution in [2.75, 3.05) is 71.5 Å². The minimum atomic E-state index is -0.274. The Morgan fingerprint density at radius 1 is 1.24 bits per heavy atom. The van der Waals surface area contributed by atoms with Gasteiger partial charge in [0.05, 0.1) is 32.3 Å². The van der Waals surface area contributed by atoms with Gasteiger partial charge in [-0.05, 0) is 50.9 Å².